The van der Waals surface area contributed by atoms with Crippen LogP contribution in [0.4, 0.5) is 24.5 Å². The minimum atomic E-state index is -4.57. The second-order valence-corrected chi connectivity index (χ2v) is 9.61. The van der Waals surface area contributed by atoms with Gasteiger partial charge in [0.05, 0.1) is 27.9 Å². The van der Waals surface area contributed by atoms with Gasteiger partial charge in [-0.05, 0) is 43.2 Å². The molecule has 2 aliphatic heterocycles. The van der Waals surface area contributed by atoms with Gasteiger partial charge in [0, 0.05) is 64.0 Å². The molecule has 10 heteroatoms. The van der Waals surface area contributed by atoms with E-state index in [0.717, 1.165) is 43.0 Å². The van der Waals surface area contributed by atoms with E-state index in [2.05, 4.69) is 15.1 Å². The Bertz CT molecular complexity index is 1100. The Kier molecular flexibility index (Phi) is 9.68. The van der Waals surface area contributed by atoms with E-state index in [1.165, 1.54) is 6.07 Å². The van der Waals surface area contributed by atoms with E-state index in [4.69, 9.17) is 16.9 Å². The largest absolute Gasteiger partial charge is 0.417 e. The second kappa shape index (κ2) is 12.5. The number of amides is 1. The highest BCUT2D eigenvalue weighted by Gasteiger charge is 2.34. The van der Waals surface area contributed by atoms with E-state index < -0.39 is 11.7 Å². The molecule has 2 aliphatic rings. The van der Waals surface area contributed by atoms with Gasteiger partial charge in [-0.3, -0.25) is 9.69 Å². The summed E-state index contributed by atoms with van der Waals surface area (Å²) in [5.41, 5.74) is 0.199. The van der Waals surface area contributed by atoms with Crippen LogP contribution in [-0.4, -0.2) is 62.7 Å². The predicted octanol–water partition coefficient (Wildman–Crippen LogP) is 5.16. The Morgan fingerprint density at radius 2 is 1.70 bits per heavy atom. The van der Waals surface area contributed by atoms with Gasteiger partial charge in [0.15, 0.2) is 0 Å². The summed E-state index contributed by atoms with van der Waals surface area (Å²) in [6.07, 6.45) is -2.85. The van der Waals surface area contributed by atoms with Crippen LogP contribution in [0.25, 0.3) is 0 Å². The van der Waals surface area contributed by atoms with Gasteiger partial charge in [0.2, 0.25) is 5.91 Å². The number of rotatable bonds is 6. The molecule has 0 aromatic heterocycles. The number of carbonyl (C=O) groups is 1. The molecule has 2 heterocycles. The Morgan fingerprint density at radius 3 is 2.32 bits per heavy atom. The predicted molar refractivity (Wildman–Crippen MR) is 141 cm³/mol. The van der Waals surface area contributed by atoms with Gasteiger partial charge < -0.3 is 15.1 Å². The standard InChI is InChI=1S/C26H29ClF3N5O.CH4/c27-23-3-1-2-4-24(23)35-15-13-33(14-16-35)10-9-25(36)32-20-7-11-34(12-8-20)21-6-5-19(18-31)22(17-21)26(28,29)30;/h1-6,17,20H,7-16H2,(H,32,36);1H4. The third-order valence-electron chi connectivity index (χ3n) is 6.87. The van der Waals surface area contributed by atoms with Gasteiger partial charge in [-0.1, -0.05) is 31.2 Å². The van der Waals surface area contributed by atoms with Crippen LogP contribution in [0, 0.1) is 11.3 Å². The molecule has 0 spiro atoms. The van der Waals surface area contributed by atoms with Crippen LogP contribution in [0.3, 0.4) is 0 Å². The van der Waals surface area contributed by atoms with E-state index in [1.807, 2.05) is 29.2 Å². The van der Waals surface area contributed by atoms with Crippen LogP contribution in [0.1, 0.15) is 37.8 Å². The first-order chi connectivity index (χ1) is 17.2. The summed E-state index contributed by atoms with van der Waals surface area (Å²) >= 11 is 6.30. The van der Waals surface area contributed by atoms with E-state index in [0.29, 0.717) is 44.6 Å². The van der Waals surface area contributed by atoms with Gasteiger partial charge in [-0.15, -0.1) is 0 Å². The number of hydrogen-bond donors (Lipinski definition) is 1. The summed E-state index contributed by atoms with van der Waals surface area (Å²) in [5.74, 6) is -0.000265. The van der Waals surface area contributed by atoms with E-state index >= 15 is 0 Å². The number of carbonyl (C=O) groups excluding carboxylic acids is 1. The summed E-state index contributed by atoms with van der Waals surface area (Å²) in [4.78, 5) is 18.9. The number of alkyl halides is 3. The van der Waals surface area contributed by atoms with Crippen molar-refractivity contribution in [1.29, 1.82) is 5.26 Å². The molecule has 37 heavy (non-hydrogen) atoms. The van der Waals surface area contributed by atoms with E-state index in [9.17, 15) is 18.0 Å². The van der Waals surface area contributed by atoms with Gasteiger partial charge in [-0.2, -0.15) is 18.4 Å². The smallest absolute Gasteiger partial charge is 0.371 e. The van der Waals surface area contributed by atoms with Crippen LogP contribution in [0.15, 0.2) is 42.5 Å². The highest BCUT2D eigenvalue weighted by atomic mass is 35.5. The van der Waals surface area contributed by atoms with Crippen molar-refractivity contribution in [3.8, 4) is 6.07 Å². The Labute approximate surface area is 221 Å². The summed E-state index contributed by atoms with van der Waals surface area (Å²) in [6, 6.07) is 13.2. The molecular weight excluding hydrogens is 503 g/mol. The van der Waals surface area contributed by atoms with Crippen molar-refractivity contribution >= 4 is 28.9 Å². The minimum Gasteiger partial charge on any atom is -0.371 e. The van der Waals surface area contributed by atoms with Crippen LogP contribution < -0.4 is 15.1 Å². The molecule has 4 rings (SSSR count). The topological polar surface area (TPSA) is 62.6 Å². The number of hydrogen-bond acceptors (Lipinski definition) is 5. The quantitative estimate of drug-likeness (QED) is 0.553. The first-order valence-corrected chi connectivity index (χ1v) is 12.5. The number of nitrogens with zero attached hydrogens (tertiary/aromatic N) is 4. The van der Waals surface area contributed by atoms with Crippen LogP contribution in [0.5, 0.6) is 0 Å². The number of piperazine rings is 1. The fourth-order valence-corrected chi connectivity index (χ4v) is 5.08. The van der Waals surface area contributed by atoms with Crippen molar-refractivity contribution in [2.45, 2.75) is 38.9 Å². The number of piperidine rings is 1. The van der Waals surface area contributed by atoms with E-state index in [1.54, 1.807) is 12.1 Å². The normalized spacial score (nSPS) is 17.2. The molecule has 2 aromatic carbocycles. The zero-order valence-electron chi connectivity index (χ0n) is 19.9. The molecule has 0 bridgehead atoms. The van der Waals surface area contributed by atoms with Crippen molar-refractivity contribution in [2.75, 3.05) is 55.6 Å². The zero-order valence-corrected chi connectivity index (χ0v) is 20.7. The highest BCUT2D eigenvalue weighted by Crippen LogP contribution is 2.35. The average Bonchev–Trinajstić information content (AvgIpc) is 2.88. The molecule has 2 fully saturated rings. The number of nitriles is 1. The Morgan fingerprint density at radius 1 is 1.03 bits per heavy atom. The van der Waals surface area contributed by atoms with Gasteiger partial charge in [0.25, 0.3) is 0 Å². The number of anilines is 2. The zero-order chi connectivity index (χ0) is 25.7. The van der Waals surface area contributed by atoms with Crippen LogP contribution in [0.2, 0.25) is 5.02 Å². The van der Waals surface area contributed by atoms with Crippen LogP contribution in [-0.2, 0) is 11.0 Å². The van der Waals surface area contributed by atoms with Crippen molar-refractivity contribution in [3.63, 3.8) is 0 Å². The van der Waals surface area contributed by atoms with Gasteiger partial charge in [-0.25, -0.2) is 0 Å². The lowest BCUT2D eigenvalue weighted by atomic mass is 10.0. The number of para-hydroxylation sites is 1. The SMILES string of the molecule is C.N#Cc1ccc(N2CCC(NC(=O)CCN3CCN(c4ccccc4Cl)CC3)CC2)cc1C(F)(F)F. The molecular formula is C27H33ClF3N5O. The number of nitrogens with one attached hydrogen (secondary N) is 1. The molecule has 0 radical (unpaired) electrons. The lowest BCUT2D eigenvalue weighted by Crippen LogP contribution is -2.48. The molecule has 0 saturated carbocycles. The van der Waals surface area contributed by atoms with Crippen molar-refractivity contribution in [2.24, 2.45) is 0 Å². The average molecular weight is 536 g/mol. The van der Waals surface area contributed by atoms with E-state index in [-0.39, 0.29) is 24.9 Å². The number of benzene rings is 2. The molecule has 200 valence electrons. The molecule has 1 N–H and O–H groups in total. The molecule has 0 atom stereocenters. The summed E-state index contributed by atoms with van der Waals surface area (Å²) in [7, 11) is 0. The second-order valence-electron chi connectivity index (χ2n) is 9.20. The molecule has 1 amide bonds. The third kappa shape index (κ3) is 7.30. The Hall–Kier alpha value is -2.96. The van der Waals surface area contributed by atoms with Crippen molar-refractivity contribution in [3.05, 3.63) is 58.6 Å². The lowest BCUT2D eigenvalue weighted by Gasteiger charge is -2.36. The first-order valence-electron chi connectivity index (χ1n) is 12.1. The summed E-state index contributed by atoms with van der Waals surface area (Å²) in [6.45, 7) is 5.20. The fraction of sp³-hybridized carbons (Fsp3) is 0.481. The summed E-state index contributed by atoms with van der Waals surface area (Å²) in [5, 5.41) is 12.8. The number of halogens is 4. The lowest BCUT2D eigenvalue weighted by molar-refractivity contribution is -0.137. The third-order valence-corrected chi connectivity index (χ3v) is 7.19. The van der Waals surface area contributed by atoms with Gasteiger partial charge >= 0.3 is 6.18 Å². The van der Waals surface area contributed by atoms with Crippen LogP contribution >= 0.6 is 11.6 Å². The maximum atomic E-state index is 13.3. The molecule has 2 saturated heterocycles. The highest BCUT2D eigenvalue weighted by molar-refractivity contribution is 6.33. The molecule has 0 aliphatic carbocycles. The molecule has 0 unspecified atom stereocenters. The molecule has 2 aromatic rings. The first kappa shape index (κ1) is 28.6. The fourth-order valence-electron chi connectivity index (χ4n) is 4.82. The monoisotopic (exact) mass is 535 g/mol. The van der Waals surface area contributed by atoms with Crippen molar-refractivity contribution < 1.29 is 18.0 Å². The Balaban J connectivity index is 0.00000380. The minimum absolute atomic E-state index is 0. The van der Waals surface area contributed by atoms with Gasteiger partial charge in [0.1, 0.15) is 0 Å². The van der Waals surface area contributed by atoms with Crippen molar-refractivity contribution in [1.82, 2.24) is 10.2 Å². The summed E-state index contributed by atoms with van der Waals surface area (Å²) < 4.78 is 39.8. The maximum Gasteiger partial charge on any atom is 0.417 e. The molecule has 6 nitrogen and oxygen atoms in total. The maximum absolute atomic E-state index is 13.3.